The highest BCUT2D eigenvalue weighted by Crippen LogP contribution is 2.10. The average molecular weight is 331 g/mol. The molecule has 0 unspecified atom stereocenters. The van der Waals surface area contributed by atoms with Crippen molar-refractivity contribution in [2.45, 2.75) is 32.8 Å². The number of rotatable bonds is 9. The number of carbonyl (C=O) groups is 2. The van der Waals surface area contributed by atoms with Gasteiger partial charge < -0.3 is 29.4 Å². The summed E-state index contributed by atoms with van der Waals surface area (Å²) in [7, 11) is 0. The summed E-state index contributed by atoms with van der Waals surface area (Å²) in [6.07, 6.45) is 0.221. The van der Waals surface area contributed by atoms with Crippen molar-refractivity contribution in [3.63, 3.8) is 0 Å². The second-order valence-electron chi connectivity index (χ2n) is 4.46. The molecule has 1 aromatic rings. The third kappa shape index (κ3) is 6.40. The number of carbonyl (C=O) groups excluding carboxylic acids is 2. The molecule has 0 aromatic carbocycles. The summed E-state index contributed by atoms with van der Waals surface area (Å²) in [5.74, 6) is -1.63. The van der Waals surface area contributed by atoms with Gasteiger partial charge in [0.25, 0.3) is 0 Å². The molecule has 0 aliphatic carbocycles. The van der Waals surface area contributed by atoms with Gasteiger partial charge >= 0.3 is 17.9 Å². The smallest absolute Gasteiger partial charge is 0.436 e. The Kier molecular flexibility index (Phi) is 7.09. The number of nitrogens with zero attached hydrogens (tertiary/aromatic N) is 3. The Balaban J connectivity index is 2.67. The fourth-order valence-corrected chi connectivity index (χ4v) is 1.53. The summed E-state index contributed by atoms with van der Waals surface area (Å²) in [5.41, 5.74) is 0. The van der Waals surface area contributed by atoms with Gasteiger partial charge in [-0.2, -0.15) is 0 Å². The second-order valence-corrected chi connectivity index (χ2v) is 4.46. The predicted molar refractivity (Wildman–Crippen MR) is 73.0 cm³/mol. The molecule has 1 N–H and O–H groups in total. The zero-order valence-corrected chi connectivity index (χ0v) is 12.6. The average Bonchev–Trinajstić information content (AvgIpc) is 2.93. The molecule has 23 heavy (non-hydrogen) atoms. The van der Waals surface area contributed by atoms with Crippen LogP contribution in [0.25, 0.3) is 0 Å². The maximum Gasteiger partial charge on any atom is 0.436 e. The monoisotopic (exact) mass is 331 g/mol. The van der Waals surface area contributed by atoms with Gasteiger partial charge in [0.05, 0.1) is 0 Å². The van der Waals surface area contributed by atoms with E-state index in [-0.39, 0.29) is 19.9 Å². The van der Waals surface area contributed by atoms with Crippen LogP contribution in [-0.2, 0) is 30.5 Å². The Morgan fingerprint density at radius 3 is 2.52 bits per heavy atom. The van der Waals surface area contributed by atoms with E-state index in [1.807, 2.05) is 0 Å². The van der Waals surface area contributed by atoms with E-state index in [1.165, 1.54) is 26.2 Å². The van der Waals surface area contributed by atoms with Crippen molar-refractivity contribution in [3.05, 3.63) is 22.5 Å². The second kappa shape index (κ2) is 8.80. The van der Waals surface area contributed by atoms with Crippen LogP contribution in [0.2, 0.25) is 0 Å². The number of nitro groups is 1. The van der Waals surface area contributed by atoms with Crippen LogP contribution >= 0.6 is 0 Å². The van der Waals surface area contributed by atoms with E-state index in [9.17, 15) is 24.8 Å². The SMILES string of the molecule is CC(=O)OC[C@@H](O)[C@@H](COC(C)=O)OCn1ccnc1[N+](=O)[O-]. The summed E-state index contributed by atoms with van der Waals surface area (Å²) >= 11 is 0. The van der Waals surface area contributed by atoms with Gasteiger partial charge in [0.15, 0.2) is 6.73 Å². The number of hydrogen-bond acceptors (Lipinski definition) is 9. The van der Waals surface area contributed by atoms with Crippen molar-refractivity contribution in [2.24, 2.45) is 0 Å². The van der Waals surface area contributed by atoms with E-state index in [0.717, 1.165) is 4.57 Å². The van der Waals surface area contributed by atoms with Crippen LogP contribution in [0.1, 0.15) is 13.8 Å². The molecule has 0 spiro atoms. The summed E-state index contributed by atoms with van der Waals surface area (Å²) in [4.78, 5) is 35.2. The van der Waals surface area contributed by atoms with E-state index in [0.29, 0.717) is 0 Å². The molecule has 11 heteroatoms. The molecule has 11 nitrogen and oxygen atoms in total. The van der Waals surface area contributed by atoms with E-state index in [1.54, 1.807) is 0 Å². The van der Waals surface area contributed by atoms with Crippen molar-refractivity contribution in [2.75, 3.05) is 13.2 Å². The van der Waals surface area contributed by atoms with Crippen LogP contribution in [-0.4, -0.2) is 56.9 Å². The van der Waals surface area contributed by atoms with Gasteiger partial charge in [-0.1, -0.05) is 4.98 Å². The molecule has 1 heterocycles. The summed E-state index contributed by atoms with van der Waals surface area (Å²) in [6, 6.07) is 0. The molecular weight excluding hydrogens is 314 g/mol. The van der Waals surface area contributed by atoms with Gasteiger partial charge in [-0.25, -0.2) is 4.57 Å². The molecule has 2 atom stereocenters. The molecule has 0 saturated heterocycles. The van der Waals surface area contributed by atoms with E-state index < -0.39 is 35.0 Å². The molecule has 0 saturated carbocycles. The number of ether oxygens (including phenoxy) is 3. The van der Waals surface area contributed by atoms with Gasteiger partial charge in [-0.3, -0.25) is 9.59 Å². The number of aliphatic hydroxyl groups excluding tert-OH is 1. The number of hydrogen-bond donors (Lipinski definition) is 1. The molecule has 128 valence electrons. The highest BCUT2D eigenvalue weighted by atomic mass is 16.6. The van der Waals surface area contributed by atoms with Crippen LogP contribution in [0, 0.1) is 10.1 Å². The van der Waals surface area contributed by atoms with Crippen LogP contribution in [0.15, 0.2) is 12.4 Å². The Morgan fingerprint density at radius 2 is 1.96 bits per heavy atom. The number of imidazole rings is 1. The lowest BCUT2D eigenvalue weighted by Gasteiger charge is -2.22. The molecule has 1 rings (SSSR count). The molecule has 0 fully saturated rings. The van der Waals surface area contributed by atoms with Crippen LogP contribution in [0.4, 0.5) is 5.95 Å². The van der Waals surface area contributed by atoms with Gasteiger partial charge in [0.1, 0.15) is 37.8 Å². The number of aromatic nitrogens is 2. The first-order valence-corrected chi connectivity index (χ1v) is 6.53. The van der Waals surface area contributed by atoms with Crippen LogP contribution in [0.5, 0.6) is 0 Å². The third-order valence-corrected chi connectivity index (χ3v) is 2.62. The Morgan fingerprint density at radius 1 is 1.35 bits per heavy atom. The van der Waals surface area contributed by atoms with Crippen molar-refractivity contribution >= 4 is 17.9 Å². The predicted octanol–water partition coefficient (Wildman–Crippen LogP) is -0.379. The minimum Gasteiger partial charge on any atom is -0.463 e. The van der Waals surface area contributed by atoms with Gasteiger partial charge in [0, 0.05) is 13.8 Å². The zero-order valence-electron chi connectivity index (χ0n) is 12.6. The molecule has 0 amide bonds. The maximum absolute atomic E-state index is 10.9. The summed E-state index contributed by atoms with van der Waals surface area (Å²) in [6.45, 7) is 1.37. The van der Waals surface area contributed by atoms with E-state index in [4.69, 9.17) is 9.47 Å². The van der Waals surface area contributed by atoms with Crippen molar-refractivity contribution in [1.82, 2.24) is 9.55 Å². The largest absolute Gasteiger partial charge is 0.463 e. The lowest BCUT2D eigenvalue weighted by molar-refractivity contribution is -0.397. The van der Waals surface area contributed by atoms with Gasteiger partial charge in [0.2, 0.25) is 0 Å². The minimum absolute atomic E-state index is 0.305. The number of aliphatic hydroxyl groups is 1. The van der Waals surface area contributed by atoms with Gasteiger partial charge in [-0.15, -0.1) is 0 Å². The lowest BCUT2D eigenvalue weighted by atomic mass is 10.2. The molecule has 0 aliphatic heterocycles. The van der Waals surface area contributed by atoms with Crippen LogP contribution in [0.3, 0.4) is 0 Å². The zero-order chi connectivity index (χ0) is 17.4. The van der Waals surface area contributed by atoms with Crippen molar-refractivity contribution < 1.29 is 33.8 Å². The molecule has 0 bridgehead atoms. The Bertz CT molecular complexity index is 558. The molecule has 1 aromatic heterocycles. The van der Waals surface area contributed by atoms with Gasteiger partial charge in [-0.05, 0) is 4.92 Å². The van der Waals surface area contributed by atoms with Crippen molar-refractivity contribution in [1.29, 1.82) is 0 Å². The minimum atomic E-state index is -1.28. The molecular formula is C12H17N3O8. The Hall–Kier alpha value is -2.53. The maximum atomic E-state index is 10.9. The summed E-state index contributed by atoms with van der Waals surface area (Å²) < 4.78 is 15.8. The summed E-state index contributed by atoms with van der Waals surface area (Å²) in [5, 5.41) is 20.7. The third-order valence-electron chi connectivity index (χ3n) is 2.62. The quantitative estimate of drug-likeness (QED) is 0.364. The molecule has 0 radical (unpaired) electrons. The normalized spacial score (nSPS) is 13.2. The molecule has 0 aliphatic rings. The Labute approximate surface area is 130 Å². The fourth-order valence-electron chi connectivity index (χ4n) is 1.53. The van der Waals surface area contributed by atoms with E-state index >= 15 is 0 Å². The first-order chi connectivity index (χ1) is 10.8. The van der Waals surface area contributed by atoms with E-state index in [2.05, 4.69) is 9.72 Å². The first kappa shape index (κ1) is 18.5. The highest BCUT2D eigenvalue weighted by Gasteiger charge is 2.24. The lowest BCUT2D eigenvalue weighted by Crippen LogP contribution is -2.38. The standard InChI is InChI=1S/C12H17N3O8/c1-8(16)21-5-10(18)11(6-22-9(2)17)23-7-14-4-3-13-12(14)15(19)20/h3-4,10-11,18H,5-7H2,1-2H3/t10-,11-/m1/s1. The topological polar surface area (TPSA) is 143 Å². The fraction of sp³-hybridized carbons (Fsp3) is 0.583. The first-order valence-electron chi connectivity index (χ1n) is 6.53. The van der Waals surface area contributed by atoms with Crippen LogP contribution < -0.4 is 0 Å². The highest BCUT2D eigenvalue weighted by molar-refractivity contribution is 5.66. The number of esters is 2. The van der Waals surface area contributed by atoms with Crippen molar-refractivity contribution in [3.8, 4) is 0 Å².